The van der Waals surface area contributed by atoms with Crippen LogP contribution < -0.4 is 20.7 Å². The lowest BCUT2D eigenvalue weighted by Gasteiger charge is -2.28. The summed E-state index contributed by atoms with van der Waals surface area (Å²) in [5.41, 5.74) is 1.06. The number of ketones is 1. The molecule has 15 heteroatoms. The average molecular weight is 698 g/mol. The van der Waals surface area contributed by atoms with E-state index in [1.165, 1.54) is 21.0 Å². The highest BCUT2D eigenvalue weighted by atomic mass is 19.4. The molecular weight excluding hydrogens is 663 g/mol. The van der Waals surface area contributed by atoms with Crippen LogP contribution in [0.15, 0.2) is 72.8 Å². The molecule has 0 aliphatic heterocycles. The van der Waals surface area contributed by atoms with Crippen molar-refractivity contribution < 1.29 is 54.6 Å². The quantitative estimate of drug-likeness (QED) is 0.149. The SMILES string of the molecule is COc1ccc(C(CC(=O)NC(Cc2ccccc2)C(=O)N[C@H](C(=O)C(F)(F)C(=O)NCC(F)(F)F)C(C)C)c2cc(F)cc(F)c2)cc1. The van der Waals surface area contributed by atoms with Crippen LogP contribution in [0.5, 0.6) is 5.75 Å². The molecule has 0 bridgehead atoms. The number of ether oxygens (including phenoxy) is 1. The van der Waals surface area contributed by atoms with Crippen LogP contribution in [0, 0.1) is 17.6 Å². The van der Waals surface area contributed by atoms with E-state index < -0.39 is 84.1 Å². The Labute approximate surface area is 277 Å². The van der Waals surface area contributed by atoms with Gasteiger partial charge >= 0.3 is 12.1 Å². The zero-order valence-electron chi connectivity index (χ0n) is 26.5. The molecule has 3 aromatic rings. The van der Waals surface area contributed by atoms with Gasteiger partial charge in [-0.15, -0.1) is 0 Å². The van der Waals surface area contributed by atoms with Crippen LogP contribution in [-0.2, 0) is 25.6 Å². The minimum Gasteiger partial charge on any atom is -0.497 e. The Morgan fingerprint density at radius 1 is 0.796 bits per heavy atom. The Morgan fingerprint density at radius 2 is 1.39 bits per heavy atom. The molecule has 8 nitrogen and oxygen atoms in total. The smallest absolute Gasteiger partial charge is 0.405 e. The molecule has 3 amide bonds. The summed E-state index contributed by atoms with van der Waals surface area (Å²) in [4.78, 5) is 51.8. The summed E-state index contributed by atoms with van der Waals surface area (Å²) in [6.07, 6.45) is -5.68. The van der Waals surface area contributed by atoms with Gasteiger partial charge < -0.3 is 20.7 Å². The molecule has 0 fully saturated rings. The first-order chi connectivity index (χ1) is 22.9. The summed E-state index contributed by atoms with van der Waals surface area (Å²) < 4.78 is 101. The summed E-state index contributed by atoms with van der Waals surface area (Å²) in [6, 6.07) is 13.6. The predicted molar refractivity (Wildman–Crippen MR) is 164 cm³/mol. The normalized spacial score (nSPS) is 13.6. The highest BCUT2D eigenvalue weighted by Gasteiger charge is 2.52. The maximum absolute atomic E-state index is 14.8. The number of amides is 3. The monoisotopic (exact) mass is 697 g/mol. The summed E-state index contributed by atoms with van der Waals surface area (Å²) in [5, 5.41) is 5.60. The molecule has 0 saturated heterocycles. The van der Waals surface area contributed by atoms with E-state index in [1.807, 2.05) is 0 Å². The van der Waals surface area contributed by atoms with Crippen molar-refractivity contribution in [1.29, 1.82) is 0 Å². The van der Waals surface area contributed by atoms with Crippen LogP contribution in [0.2, 0.25) is 0 Å². The van der Waals surface area contributed by atoms with E-state index in [4.69, 9.17) is 4.74 Å². The zero-order valence-corrected chi connectivity index (χ0v) is 26.5. The minimum absolute atomic E-state index is 0.0957. The summed E-state index contributed by atoms with van der Waals surface area (Å²) in [5.74, 6) is -14.9. The number of carbonyl (C=O) groups excluding carboxylic acids is 4. The van der Waals surface area contributed by atoms with Crippen molar-refractivity contribution in [2.75, 3.05) is 13.7 Å². The maximum atomic E-state index is 14.8. The fourth-order valence-electron chi connectivity index (χ4n) is 4.93. The number of nitrogens with one attached hydrogen (secondary N) is 3. The lowest BCUT2D eigenvalue weighted by atomic mass is 9.87. The molecule has 0 aromatic heterocycles. The van der Waals surface area contributed by atoms with Crippen molar-refractivity contribution in [2.24, 2.45) is 5.92 Å². The number of hydrogen-bond acceptors (Lipinski definition) is 5. The zero-order chi connectivity index (χ0) is 36.5. The number of Topliss-reactive ketones (excluding diaryl/α,β-unsaturated/α-hetero) is 1. The van der Waals surface area contributed by atoms with Gasteiger partial charge in [0.2, 0.25) is 17.6 Å². The number of methoxy groups -OCH3 is 1. The molecule has 3 aromatic carbocycles. The average Bonchev–Trinajstić information content (AvgIpc) is 3.03. The van der Waals surface area contributed by atoms with E-state index >= 15 is 0 Å². The molecule has 0 heterocycles. The largest absolute Gasteiger partial charge is 0.497 e. The molecule has 0 aliphatic carbocycles. The van der Waals surface area contributed by atoms with Gasteiger partial charge in [-0.25, -0.2) is 8.78 Å². The number of hydrogen-bond donors (Lipinski definition) is 3. The second-order valence-electron chi connectivity index (χ2n) is 11.5. The summed E-state index contributed by atoms with van der Waals surface area (Å²) in [6.45, 7) is 0.405. The molecular formula is C34H34F7N3O5. The minimum atomic E-state index is -5.03. The molecule has 3 N–H and O–H groups in total. The Bertz CT molecular complexity index is 1600. The second kappa shape index (κ2) is 16.4. The van der Waals surface area contributed by atoms with Gasteiger partial charge in [0.15, 0.2) is 0 Å². The maximum Gasteiger partial charge on any atom is 0.405 e. The lowest BCUT2D eigenvalue weighted by Crippen LogP contribution is -2.59. The molecule has 0 saturated carbocycles. The van der Waals surface area contributed by atoms with Crippen molar-refractivity contribution in [2.45, 2.75) is 56.8 Å². The van der Waals surface area contributed by atoms with Crippen molar-refractivity contribution >= 4 is 23.5 Å². The van der Waals surface area contributed by atoms with Gasteiger partial charge in [-0.05, 0) is 46.9 Å². The molecule has 264 valence electrons. The second-order valence-corrected chi connectivity index (χ2v) is 11.5. The van der Waals surface area contributed by atoms with E-state index in [0.717, 1.165) is 17.4 Å². The van der Waals surface area contributed by atoms with Gasteiger partial charge in [0, 0.05) is 24.8 Å². The van der Waals surface area contributed by atoms with Crippen molar-refractivity contribution in [3.05, 3.63) is 101 Å². The summed E-state index contributed by atoms with van der Waals surface area (Å²) >= 11 is 0. The van der Waals surface area contributed by atoms with E-state index in [2.05, 4.69) is 10.6 Å². The van der Waals surface area contributed by atoms with Crippen LogP contribution in [0.25, 0.3) is 0 Å². The lowest BCUT2D eigenvalue weighted by molar-refractivity contribution is -0.165. The van der Waals surface area contributed by atoms with Gasteiger partial charge in [0.05, 0.1) is 13.2 Å². The fourth-order valence-corrected chi connectivity index (χ4v) is 4.93. The van der Waals surface area contributed by atoms with Crippen LogP contribution in [-0.4, -0.2) is 61.3 Å². The van der Waals surface area contributed by atoms with Crippen LogP contribution in [0.1, 0.15) is 42.9 Å². The number of alkyl halides is 5. The van der Waals surface area contributed by atoms with Gasteiger partial charge in [0.1, 0.15) is 30.0 Å². The molecule has 49 heavy (non-hydrogen) atoms. The highest BCUT2D eigenvalue weighted by Crippen LogP contribution is 2.31. The van der Waals surface area contributed by atoms with E-state index in [0.29, 0.717) is 22.9 Å². The highest BCUT2D eigenvalue weighted by molar-refractivity contribution is 6.10. The Hall–Kier alpha value is -4.95. The van der Waals surface area contributed by atoms with E-state index in [9.17, 15) is 49.9 Å². The van der Waals surface area contributed by atoms with Gasteiger partial charge in [-0.2, -0.15) is 22.0 Å². The van der Waals surface area contributed by atoms with Crippen LogP contribution in [0.4, 0.5) is 30.7 Å². The van der Waals surface area contributed by atoms with Gasteiger partial charge in [-0.1, -0.05) is 56.3 Å². The third-order valence-corrected chi connectivity index (χ3v) is 7.42. The molecule has 3 atom stereocenters. The van der Waals surface area contributed by atoms with Crippen molar-refractivity contribution in [3.63, 3.8) is 0 Å². The standard InChI is InChI=1S/C34H34F7N3O5/c1-19(2)29(30(46)34(40,41)32(48)42-18-33(37,38)39)44-31(47)27(13-20-7-5-4-6-8-20)43-28(45)17-26(21-9-11-25(49-3)12-10-21)22-14-23(35)16-24(36)15-22/h4-12,14-16,19,26-27,29H,13,17-18H2,1-3H3,(H,42,48)(H,43,45)(H,44,47)/t26?,27?,29-/m0/s1. The molecule has 0 radical (unpaired) electrons. The number of rotatable bonds is 15. The van der Waals surface area contributed by atoms with E-state index in [-0.39, 0.29) is 12.0 Å². The Morgan fingerprint density at radius 3 is 1.92 bits per heavy atom. The first-order valence-electron chi connectivity index (χ1n) is 14.9. The molecule has 2 unspecified atom stereocenters. The number of halogens is 7. The Balaban J connectivity index is 1.90. The topological polar surface area (TPSA) is 114 Å². The molecule has 0 aliphatic rings. The number of carbonyl (C=O) groups is 4. The van der Waals surface area contributed by atoms with Gasteiger partial charge in [-0.3, -0.25) is 19.2 Å². The fraction of sp³-hybridized carbons (Fsp3) is 0.353. The van der Waals surface area contributed by atoms with Crippen LogP contribution >= 0.6 is 0 Å². The van der Waals surface area contributed by atoms with Crippen LogP contribution in [0.3, 0.4) is 0 Å². The van der Waals surface area contributed by atoms with Crippen molar-refractivity contribution in [3.8, 4) is 5.75 Å². The Kier molecular flexibility index (Phi) is 12.9. The van der Waals surface area contributed by atoms with Crippen molar-refractivity contribution in [1.82, 2.24) is 16.0 Å². The first-order valence-corrected chi connectivity index (χ1v) is 14.9. The van der Waals surface area contributed by atoms with Gasteiger partial charge in [0.25, 0.3) is 5.91 Å². The molecule has 0 spiro atoms. The predicted octanol–water partition coefficient (Wildman–Crippen LogP) is 5.25. The molecule has 3 rings (SSSR count). The third kappa shape index (κ3) is 11.0. The van der Waals surface area contributed by atoms with E-state index in [1.54, 1.807) is 54.6 Å². The summed E-state index contributed by atoms with van der Waals surface area (Å²) in [7, 11) is 1.43. The third-order valence-electron chi connectivity index (χ3n) is 7.42. The number of benzene rings is 3. The first kappa shape index (κ1) is 38.5.